The second-order valence-corrected chi connectivity index (χ2v) is 3.18. The number of carboxylic acids is 1. The predicted octanol–water partition coefficient (Wildman–Crippen LogP) is -2.39. The highest BCUT2D eigenvalue weighted by Gasteiger charge is 2.13. The third-order valence-electron chi connectivity index (χ3n) is 1.96. The Bertz CT molecular complexity index is 216. The van der Waals surface area contributed by atoms with Crippen LogP contribution in [-0.4, -0.2) is 48.1 Å². The fraction of sp³-hybridized carbons (Fsp3) is 0.750. The van der Waals surface area contributed by atoms with Gasteiger partial charge < -0.3 is 10.0 Å². The zero-order valence-corrected chi connectivity index (χ0v) is 9.11. The first-order valence-corrected chi connectivity index (χ1v) is 4.98. The van der Waals surface area contributed by atoms with Crippen molar-refractivity contribution < 1.29 is 14.7 Å². The molecular formula is C8H19N5O3. The molecule has 0 saturated carbocycles. The van der Waals surface area contributed by atoms with Crippen LogP contribution in [0.4, 0.5) is 0 Å². The Balaban J connectivity index is 4.03. The SMILES string of the molecule is NNCCN(CCNN)C(=O)CCC(=O)O. The average molecular weight is 233 g/mol. The largest absolute Gasteiger partial charge is 0.481 e. The molecule has 0 radical (unpaired) electrons. The van der Waals surface area contributed by atoms with Crippen molar-refractivity contribution >= 4 is 11.9 Å². The van der Waals surface area contributed by atoms with E-state index < -0.39 is 5.97 Å². The van der Waals surface area contributed by atoms with Gasteiger partial charge in [0.15, 0.2) is 0 Å². The highest BCUT2D eigenvalue weighted by molar-refractivity contribution is 5.80. The highest BCUT2D eigenvalue weighted by atomic mass is 16.4. The number of rotatable bonds is 9. The number of aliphatic carboxylic acids is 1. The molecule has 16 heavy (non-hydrogen) atoms. The minimum Gasteiger partial charge on any atom is -0.481 e. The molecule has 7 N–H and O–H groups in total. The normalized spacial score (nSPS) is 10.1. The molecule has 0 rings (SSSR count). The van der Waals surface area contributed by atoms with E-state index in [4.69, 9.17) is 16.8 Å². The molecule has 8 heteroatoms. The number of nitrogens with two attached hydrogens (primary N) is 2. The first-order chi connectivity index (χ1) is 7.61. The van der Waals surface area contributed by atoms with E-state index >= 15 is 0 Å². The summed E-state index contributed by atoms with van der Waals surface area (Å²) in [6.45, 7) is 1.75. The molecular weight excluding hydrogens is 214 g/mol. The zero-order valence-electron chi connectivity index (χ0n) is 9.11. The number of carboxylic acid groups (broad SMARTS) is 1. The van der Waals surface area contributed by atoms with Crippen LogP contribution in [0.2, 0.25) is 0 Å². The number of hydrogen-bond donors (Lipinski definition) is 5. The van der Waals surface area contributed by atoms with Gasteiger partial charge in [0.1, 0.15) is 0 Å². The quantitative estimate of drug-likeness (QED) is 0.221. The molecule has 0 heterocycles. The summed E-state index contributed by atoms with van der Waals surface area (Å²) in [6.07, 6.45) is -0.175. The molecule has 0 aliphatic carbocycles. The van der Waals surface area contributed by atoms with Crippen LogP contribution in [0.3, 0.4) is 0 Å². The first-order valence-electron chi connectivity index (χ1n) is 4.98. The van der Waals surface area contributed by atoms with Gasteiger partial charge in [-0.05, 0) is 0 Å². The lowest BCUT2D eigenvalue weighted by Gasteiger charge is -2.22. The molecule has 1 amide bonds. The van der Waals surface area contributed by atoms with Crippen molar-refractivity contribution in [3.63, 3.8) is 0 Å². The Morgan fingerprint density at radius 2 is 1.56 bits per heavy atom. The molecule has 0 aromatic heterocycles. The predicted molar refractivity (Wildman–Crippen MR) is 57.8 cm³/mol. The van der Waals surface area contributed by atoms with Gasteiger partial charge in [-0.2, -0.15) is 0 Å². The van der Waals surface area contributed by atoms with E-state index in [-0.39, 0.29) is 18.7 Å². The molecule has 0 saturated heterocycles. The fourth-order valence-corrected chi connectivity index (χ4v) is 1.13. The Kier molecular flexibility index (Phi) is 8.35. The van der Waals surface area contributed by atoms with E-state index in [2.05, 4.69) is 10.9 Å². The summed E-state index contributed by atoms with van der Waals surface area (Å²) in [5.41, 5.74) is 4.86. The van der Waals surface area contributed by atoms with E-state index in [1.165, 1.54) is 4.90 Å². The number of nitrogens with zero attached hydrogens (tertiary/aromatic N) is 1. The smallest absolute Gasteiger partial charge is 0.303 e. The average Bonchev–Trinajstić information content (AvgIpc) is 2.26. The van der Waals surface area contributed by atoms with Crippen molar-refractivity contribution in [1.29, 1.82) is 0 Å². The van der Waals surface area contributed by atoms with Crippen LogP contribution >= 0.6 is 0 Å². The van der Waals surface area contributed by atoms with Crippen LogP contribution in [-0.2, 0) is 9.59 Å². The molecule has 0 aromatic carbocycles. The minimum absolute atomic E-state index is 0.00945. The molecule has 8 nitrogen and oxygen atoms in total. The van der Waals surface area contributed by atoms with Crippen LogP contribution in [0.25, 0.3) is 0 Å². The maximum Gasteiger partial charge on any atom is 0.303 e. The van der Waals surface area contributed by atoms with Gasteiger partial charge in [-0.15, -0.1) is 0 Å². The molecule has 0 aromatic rings. The second kappa shape index (κ2) is 9.04. The summed E-state index contributed by atoms with van der Waals surface area (Å²) in [4.78, 5) is 23.4. The van der Waals surface area contributed by atoms with E-state index in [9.17, 15) is 9.59 Å². The third kappa shape index (κ3) is 7.12. The lowest BCUT2D eigenvalue weighted by Crippen LogP contribution is -2.43. The number of nitrogens with one attached hydrogen (secondary N) is 2. The van der Waals surface area contributed by atoms with Gasteiger partial charge in [0.2, 0.25) is 5.91 Å². The lowest BCUT2D eigenvalue weighted by molar-refractivity contribution is -0.140. The number of hydrazine groups is 2. The fourth-order valence-electron chi connectivity index (χ4n) is 1.13. The molecule has 0 bridgehead atoms. The van der Waals surface area contributed by atoms with Gasteiger partial charge in [0.05, 0.1) is 6.42 Å². The minimum atomic E-state index is -0.984. The van der Waals surface area contributed by atoms with Gasteiger partial charge >= 0.3 is 5.97 Å². The maximum atomic E-state index is 11.6. The second-order valence-electron chi connectivity index (χ2n) is 3.18. The van der Waals surface area contributed by atoms with Gasteiger partial charge in [-0.25, -0.2) is 0 Å². The van der Waals surface area contributed by atoms with Crippen LogP contribution in [0.15, 0.2) is 0 Å². The summed E-state index contributed by atoms with van der Waals surface area (Å²) < 4.78 is 0. The number of hydrogen-bond acceptors (Lipinski definition) is 6. The molecule has 0 spiro atoms. The summed E-state index contributed by atoms with van der Waals surface area (Å²) in [7, 11) is 0. The molecule has 94 valence electrons. The molecule has 0 aliphatic rings. The maximum absolute atomic E-state index is 11.6. The summed E-state index contributed by atoms with van der Waals surface area (Å²) in [6, 6.07) is 0. The Morgan fingerprint density at radius 1 is 1.06 bits per heavy atom. The third-order valence-corrected chi connectivity index (χ3v) is 1.96. The Hall–Kier alpha value is -1.22. The topological polar surface area (TPSA) is 134 Å². The van der Waals surface area contributed by atoms with Gasteiger partial charge in [0, 0.05) is 32.6 Å². The monoisotopic (exact) mass is 233 g/mol. The van der Waals surface area contributed by atoms with Crippen molar-refractivity contribution in [2.75, 3.05) is 26.2 Å². The van der Waals surface area contributed by atoms with Crippen molar-refractivity contribution in [2.45, 2.75) is 12.8 Å². The highest BCUT2D eigenvalue weighted by Crippen LogP contribution is 1.97. The van der Waals surface area contributed by atoms with Crippen LogP contribution in [0.5, 0.6) is 0 Å². The van der Waals surface area contributed by atoms with Crippen molar-refractivity contribution in [2.24, 2.45) is 11.7 Å². The van der Waals surface area contributed by atoms with Crippen molar-refractivity contribution in [3.05, 3.63) is 0 Å². The van der Waals surface area contributed by atoms with E-state index in [0.717, 1.165) is 0 Å². The number of carbonyl (C=O) groups excluding carboxylic acids is 1. The zero-order chi connectivity index (χ0) is 12.4. The van der Waals surface area contributed by atoms with Crippen molar-refractivity contribution in [3.8, 4) is 0 Å². The van der Waals surface area contributed by atoms with Crippen LogP contribution < -0.4 is 22.5 Å². The van der Waals surface area contributed by atoms with Crippen molar-refractivity contribution in [1.82, 2.24) is 15.8 Å². The summed E-state index contributed by atoms with van der Waals surface area (Å²) in [5, 5.41) is 8.46. The van der Waals surface area contributed by atoms with E-state index in [0.29, 0.717) is 26.2 Å². The molecule has 0 aliphatic heterocycles. The van der Waals surface area contributed by atoms with Crippen LogP contribution in [0, 0.1) is 0 Å². The number of amides is 1. The Labute approximate surface area is 93.9 Å². The van der Waals surface area contributed by atoms with Crippen LogP contribution in [0.1, 0.15) is 12.8 Å². The van der Waals surface area contributed by atoms with Gasteiger partial charge in [-0.3, -0.25) is 32.1 Å². The van der Waals surface area contributed by atoms with E-state index in [1.54, 1.807) is 0 Å². The van der Waals surface area contributed by atoms with Gasteiger partial charge in [0.25, 0.3) is 0 Å². The van der Waals surface area contributed by atoms with E-state index in [1.807, 2.05) is 0 Å². The summed E-state index contributed by atoms with van der Waals surface area (Å²) >= 11 is 0. The lowest BCUT2D eigenvalue weighted by atomic mass is 10.2. The molecule has 0 unspecified atom stereocenters. The molecule has 0 atom stereocenters. The van der Waals surface area contributed by atoms with Gasteiger partial charge in [-0.1, -0.05) is 0 Å². The number of carbonyl (C=O) groups is 2. The molecule has 0 fully saturated rings. The Morgan fingerprint density at radius 3 is 1.94 bits per heavy atom. The first kappa shape index (κ1) is 14.8. The summed E-state index contributed by atoms with van der Waals surface area (Å²) in [5.74, 6) is 9.01. The standard InChI is InChI=1S/C8H19N5O3/c9-11-3-5-13(6-4-12-10)7(14)1-2-8(15)16/h11-12H,1-6,9-10H2,(H,15,16).